The van der Waals surface area contributed by atoms with Crippen molar-refractivity contribution in [3.63, 3.8) is 0 Å². The first kappa shape index (κ1) is 24.3. The molecule has 2 aromatic rings. The zero-order chi connectivity index (χ0) is 25.1. The highest BCUT2D eigenvalue weighted by Gasteiger charge is 2.52. The van der Waals surface area contributed by atoms with E-state index in [1.807, 2.05) is 53.1 Å². The standard InChI is InChI=1S/C29H34N4O3/c1-29-16-15-27(35)33(29)25-13-6-5-12-24(25)28(36)32(29)18-8-14-26(34)31-21-19-30(20-22-31)17-7-11-23-9-3-2-4-10-23/h2-7,9-13H,8,14-22H2,1H3/b11-7+. The lowest BCUT2D eigenvalue weighted by Gasteiger charge is -2.48. The maximum atomic E-state index is 13.3. The van der Waals surface area contributed by atoms with E-state index in [9.17, 15) is 14.4 Å². The number of anilines is 1. The third kappa shape index (κ3) is 4.67. The van der Waals surface area contributed by atoms with Crippen LogP contribution in [0.15, 0.2) is 60.7 Å². The van der Waals surface area contributed by atoms with E-state index in [1.165, 1.54) is 5.56 Å². The number of carbonyl (C=O) groups is 3. The Morgan fingerprint density at radius 2 is 1.69 bits per heavy atom. The van der Waals surface area contributed by atoms with Crippen molar-refractivity contribution in [2.24, 2.45) is 0 Å². The summed E-state index contributed by atoms with van der Waals surface area (Å²) in [5.74, 6) is 0.141. The Morgan fingerprint density at radius 3 is 2.47 bits per heavy atom. The molecule has 36 heavy (non-hydrogen) atoms. The van der Waals surface area contributed by atoms with Crippen molar-refractivity contribution in [3.05, 3.63) is 71.8 Å². The fourth-order valence-corrected chi connectivity index (χ4v) is 5.67. The number of hydrogen-bond acceptors (Lipinski definition) is 4. The largest absolute Gasteiger partial charge is 0.340 e. The minimum Gasteiger partial charge on any atom is -0.340 e. The second kappa shape index (κ2) is 10.3. The number of rotatable bonds is 7. The van der Waals surface area contributed by atoms with Crippen molar-refractivity contribution in [2.45, 2.75) is 38.3 Å². The van der Waals surface area contributed by atoms with Crippen LogP contribution in [0.1, 0.15) is 48.5 Å². The molecule has 2 fully saturated rings. The van der Waals surface area contributed by atoms with E-state index in [-0.39, 0.29) is 17.7 Å². The molecule has 5 rings (SSSR count). The quantitative estimate of drug-likeness (QED) is 0.600. The second-order valence-electron chi connectivity index (χ2n) is 10.0. The van der Waals surface area contributed by atoms with Gasteiger partial charge in [0.05, 0.1) is 11.3 Å². The number of benzene rings is 2. The summed E-state index contributed by atoms with van der Waals surface area (Å²) in [7, 11) is 0. The smallest absolute Gasteiger partial charge is 0.257 e. The number of carbonyl (C=O) groups excluding carboxylic acids is 3. The van der Waals surface area contributed by atoms with E-state index in [2.05, 4.69) is 29.2 Å². The van der Waals surface area contributed by atoms with Crippen molar-refractivity contribution in [2.75, 3.05) is 44.2 Å². The Balaban J connectivity index is 1.12. The molecule has 188 valence electrons. The van der Waals surface area contributed by atoms with E-state index in [0.717, 1.165) is 32.7 Å². The van der Waals surface area contributed by atoms with Crippen LogP contribution < -0.4 is 4.90 Å². The molecule has 3 aliphatic heterocycles. The van der Waals surface area contributed by atoms with Crippen molar-refractivity contribution in [1.82, 2.24) is 14.7 Å². The molecule has 0 saturated carbocycles. The summed E-state index contributed by atoms with van der Waals surface area (Å²) < 4.78 is 0. The molecule has 0 bridgehead atoms. The molecule has 3 heterocycles. The average Bonchev–Trinajstić information content (AvgIpc) is 3.22. The fourth-order valence-electron chi connectivity index (χ4n) is 5.67. The van der Waals surface area contributed by atoms with Gasteiger partial charge in [-0.1, -0.05) is 54.6 Å². The first-order valence-electron chi connectivity index (χ1n) is 12.9. The number of hydrogen-bond donors (Lipinski definition) is 0. The number of piperazine rings is 1. The Bertz CT molecular complexity index is 1160. The first-order valence-corrected chi connectivity index (χ1v) is 12.9. The van der Waals surface area contributed by atoms with Gasteiger partial charge in [-0.05, 0) is 37.5 Å². The molecule has 0 radical (unpaired) electrons. The summed E-state index contributed by atoms with van der Waals surface area (Å²) in [6.45, 7) is 6.50. The number of para-hydroxylation sites is 1. The van der Waals surface area contributed by atoms with Crippen molar-refractivity contribution < 1.29 is 14.4 Å². The van der Waals surface area contributed by atoms with Gasteiger partial charge in [0.25, 0.3) is 5.91 Å². The minimum absolute atomic E-state index is 0.0509. The van der Waals surface area contributed by atoms with E-state index in [0.29, 0.717) is 43.5 Å². The first-order chi connectivity index (χ1) is 17.5. The van der Waals surface area contributed by atoms with Crippen LogP contribution in [0.4, 0.5) is 5.69 Å². The molecule has 0 spiro atoms. The van der Waals surface area contributed by atoms with Crippen LogP contribution >= 0.6 is 0 Å². The molecule has 2 saturated heterocycles. The van der Waals surface area contributed by atoms with Gasteiger partial charge in [-0.3, -0.25) is 24.2 Å². The van der Waals surface area contributed by atoms with Gasteiger partial charge in [0.15, 0.2) is 0 Å². The number of nitrogens with zero attached hydrogens (tertiary/aromatic N) is 4. The van der Waals surface area contributed by atoms with Crippen LogP contribution in [-0.4, -0.2) is 77.4 Å². The van der Waals surface area contributed by atoms with Crippen LogP contribution in [-0.2, 0) is 9.59 Å². The highest BCUT2D eigenvalue weighted by atomic mass is 16.2. The van der Waals surface area contributed by atoms with Gasteiger partial charge in [-0.25, -0.2) is 0 Å². The minimum atomic E-state index is -0.662. The molecule has 3 amide bonds. The average molecular weight is 487 g/mol. The van der Waals surface area contributed by atoms with Gasteiger partial charge in [0.2, 0.25) is 11.8 Å². The molecule has 0 aromatic heterocycles. The van der Waals surface area contributed by atoms with Gasteiger partial charge < -0.3 is 9.80 Å². The molecule has 7 nitrogen and oxygen atoms in total. The van der Waals surface area contributed by atoms with E-state index >= 15 is 0 Å². The number of fused-ring (bicyclic) bond motifs is 3. The SMILES string of the molecule is CC12CCC(=O)N1c1ccccc1C(=O)N2CCCC(=O)N1CCN(C/C=C/c2ccccc2)CC1. The second-order valence-corrected chi connectivity index (χ2v) is 10.0. The molecule has 2 aromatic carbocycles. The summed E-state index contributed by atoms with van der Waals surface area (Å²) in [5, 5.41) is 0. The highest BCUT2D eigenvalue weighted by Crippen LogP contribution is 2.44. The van der Waals surface area contributed by atoms with Crippen LogP contribution in [0.3, 0.4) is 0 Å². The predicted octanol–water partition coefficient (Wildman–Crippen LogP) is 3.62. The molecule has 7 heteroatoms. The summed E-state index contributed by atoms with van der Waals surface area (Å²) >= 11 is 0. The highest BCUT2D eigenvalue weighted by molar-refractivity contribution is 6.10. The maximum absolute atomic E-state index is 13.3. The Labute approximate surface area is 213 Å². The molecule has 3 aliphatic rings. The van der Waals surface area contributed by atoms with Gasteiger partial charge in [-0.15, -0.1) is 0 Å². The van der Waals surface area contributed by atoms with Crippen molar-refractivity contribution >= 4 is 29.5 Å². The van der Waals surface area contributed by atoms with Gasteiger partial charge in [-0.2, -0.15) is 0 Å². The molecular weight excluding hydrogens is 452 g/mol. The summed E-state index contributed by atoms with van der Waals surface area (Å²) in [6.07, 6.45) is 6.35. The Kier molecular flexibility index (Phi) is 6.92. The summed E-state index contributed by atoms with van der Waals surface area (Å²) in [5.41, 5.74) is 1.80. The van der Waals surface area contributed by atoms with E-state index in [1.54, 1.807) is 11.0 Å². The third-order valence-corrected chi connectivity index (χ3v) is 7.72. The number of amides is 3. The van der Waals surface area contributed by atoms with E-state index in [4.69, 9.17) is 0 Å². The molecule has 1 atom stereocenters. The zero-order valence-corrected chi connectivity index (χ0v) is 20.9. The van der Waals surface area contributed by atoms with E-state index < -0.39 is 5.66 Å². The lowest BCUT2D eigenvalue weighted by molar-refractivity contribution is -0.133. The summed E-state index contributed by atoms with van der Waals surface area (Å²) in [6, 6.07) is 17.6. The lowest BCUT2D eigenvalue weighted by Crippen LogP contribution is -2.62. The third-order valence-electron chi connectivity index (χ3n) is 7.72. The molecule has 1 unspecified atom stereocenters. The normalized spacial score (nSPS) is 22.3. The van der Waals surface area contributed by atoms with Crippen molar-refractivity contribution in [1.29, 1.82) is 0 Å². The topological polar surface area (TPSA) is 64.2 Å². The lowest BCUT2D eigenvalue weighted by atomic mass is 9.98. The van der Waals surface area contributed by atoms with Crippen LogP contribution in [0.25, 0.3) is 6.08 Å². The van der Waals surface area contributed by atoms with Gasteiger partial charge in [0.1, 0.15) is 5.66 Å². The van der Waals surface area contributed by atoms with Gasteiger partial charge in [0, 0.05) is 52.1 Å². The maximum Gasteiger partial charge on any atom is 0.257 e. The predicted molar refractivity (Wildman–Crippen MR) is 140 cm³/mol. The van der Waals surface area contributed by atoms with Crippen LogP contribution in [0.5, 0.6) is 0 Å². The van der Waals surface area contributed by atoms with Gasteiger partial charge >= 0.3 is 0 Å². The zero-order valence-electron chi connectivity index (χ0n) is 20.9. The molecule has 0 aliphatic carbocycles. The monoisotopic (exact) mass is 486 g/mol. The van der Waals surface area contributed by atoms with Crippen molar-refractivity contribution in [3.8, 4) is 0 Å². The molecular formula is C29H34N4O3. The fraction of sp³-hybridized carbons (Fsp3) is 0.414. The Hall–Kier alpha value is -3.45. The summed E-state index contributed by atoms with van der Waals surface area (Å²) in [4.78, 5) is 46.9. The van der Waals surface area contributed by atoms with Crippen LogP contribution in [0.2, 0.25) is 0 Å². The Morgan fingerprint density at radius 1 is 0.972 bits per heavy atom. The molecule has 0 N–H and O–H groups in total. The van der Waals surface area contributed by atoms with Crippen LogP contribution in [0, 0.1) is 0 Å².